The number of rotatable bonds is 4. The van der Waals surface area contributed by atoms with Gasteiger partial charge in [0.05, 0.1) is 12.3 Å². The molecule has 0 bridgehead atoms. The van der Waals surface area contributed by atoms with E-state index in [1.807, 2.05) is 13.0 Å². The van der Waals surface area contributed by atoms with Crippen molar-refractivity contribution in [2.45, 2.75) is 45.6 Å². The fourth-order valence-corrected chi connectivity index (χ4v) is 2.81. The Morgan fingerprint density at radius 1 is 1.48 bits per heavy atom. The summed E-state index contributed by atoms with van der Waals surface area (Å²) in [5.74, 6) is 0.557. The maximum atomic E-state index is 12.3. The Morgan fingerprint density at radius 3 is 2.91 bits per heavy atom. The van der Waals surface area contributed by atoms with Crippen LogP contribution in [-0.4, -0.2) is 34.4 Å². The molecule has 6 nitrogen and oxygen atoms in total. The highest BCUT2D eigenvalue weighted by molar-refractivity contribution is 5.41. The number of hydrogen-bond donors (Lipinski definition) is 2. The lowest BCUT2D eigenvalue weighted by Crippen LogP contribution is -2.28. The molecule has 0 radical (unpaired) electrons. The van der Waals surface area contributed by atoms with Crippen LogP contribution in [0.1, 0.15) is 51.5 Å². The van der Waals surface area contributed by atoms with Crippen molar-refractivity contribution in [3.63, 3.8) is 0 Å². The minimum Gasteiger partial charge on any atom is -0.381 e. The Morgan fingerprint density at radius 2 is 2.26 bits per heavy atom. The lowest BCUT2D eigenvalue weighted by Gasteiger charge is -2.15. The van der Waals surface area contributed by atoms with Crippen molar-refractivity contribution in [1.82, 2.24) is 19.9 Å². The Kier molecular flexibility index (Phi) is 4.29. The lowest BCUT2D eigenvalue weighted by molar-refractivity contribution is 0.184. The summed E-state index contributed by atoms with van der Waals surface area (Å²) in [6, 6.07) is 3.61. The first kappa shape index (κ1) is 16.2. The molecular formula is C17H26N4O2. The third-order valence-electron chi connectivity index (χ3n) is 4.46. The summed E-state index contributed by atoms with van der Waals surface area (Å²) in [5, 5.41) is 6.62. The zero-order valence-electron chi connectivity index (χ0n) is 14.3. The number of fused-ring (bicyclic) bond motifs is 1. The number of aromatic nitrogens is 3. The second kappa shape index (κ2) is 6.09. The minimum atomic E-state index is -0.0710. The molecule has 0 unspecified atom stereocenters. The van der Waals surface area contributed by atoms with Crippen LogP contribution in [0.5, 0.6) is 0 Å². The highest BCUT2D eigenvalue weighted by Crippen LogP contribution is 2.21. The number of nitrogens with one attached hydrogen (secondary N) is 2. The number of hydrogen-bond acceptors (Lipinski definition) is 4. The van der Waals surface area contributed by atoms with Crippen LogP contribution in [0.25, 0.3) is 5.65 Å². The van der Waals surface area contributed by atoms with Gasteiger partial charge < -0.3 is 10.1 Å². The third kappa shape index (κ3) is 3.48. The largest absolute Gasteiger partial charge is 0.381 e. The van der Waals surface area contributed by atoms with Crippen molar-refractivity contribution in [2.75, 3.05) is 19.8 Å². The van der Waals surface area contributed by atoms with Gasteiger partial charge in [-0.05, 0) is 19.3 Å². The zero-order chi connectivity index (χ0) is 16.6. The smallest absolute Gasteiger partial charge is 0.272 e. The van der Waals surface area contributed by atoms with Gasteiger partial charge in [0.25, 0.3) is 5.56 Å². The van der Waals surface area contributed by atoms with Gasteiger partial charge in [0, 0.05) is 42.4 Å². The van der Waals surface area contributed by atoms with Gasteiger partial charge in [-0.15, -0.1) is 0 Å². The van der Waals surface area contributed by atoms with Crippen LogP contribution in [0, 0.1) is 5.92 Å². The maximum Gasteiger partial charge on any atom is 0.272 e. The Balaban J connectivity index is 1.82. The van der Waals surface area contributed by atoms with Crippen LogP contribution >= 0.6 is 0 Å². The van der Waals surface area contributed by atoms with Gasteiger partial charge in [0.15, 0.2) is 5.65 Å². The molecule has 6 heteroatoms. The van der Waals surface area contributed by atoms with Crippen LogP contribution in [-0.2, 0) is 10.2 Å². The van der Waals surface area contributed by atoms with Crippen molar-refractivity contribution in [1.29, 1.82) is 0 Å². The number of ether oxygens (including phenoxy) is 1. The van der Waals surface area contributed by atoms with Crippen molar-refractivity contribution in [3.05, 3.63) is 33.9 Å². The summed E-state index contributed by atoms with van der Waals surface area (Å²) in [6.07, 6.45) is 1.10. The quantitative estimate of drug-likeness (QED) is 0.904. The molecule has 126 valence electrons. The van der Waals surface area contributed by atoms with Gasteiger partial charge >= 0.3 is 0 Å². The topological polar surface area (TPSA) is 71.4 Å². The minimum absolute atomic E-state index is 0.0429. The summed E-state index contributed by atoms with van der Waals surface area (Å²) >= 11 is 0. The monoisotopic (exact) mass is 318 g/mol. The molecule has 2 atom stereocenters. The van der Waals surface area contributed by atoms with E-state index in [2.05, 4.69) is 36.2 Å². The Hall–Kier alpha value is -1.66. The second-order valence-corrected chi connectivity index (χ2v) is 7.49. The first-order chi connectivity index (χ1) is 10.8. The molecule has 2 N–H and O–H groups in total. The highest BCUT2D eigenvalue weighted by Gasteiger charge is 2.20. The van der Waals surface area contributed by atoms with Crippen molar-refractivity contribution in [3.8, 4) is 0 Å². The lowest BCUT2D eigenvalue weighted by atomic mass is 9.93. The first-order valence-electron chi connectivity index (χ1n) is 8.29. The molecule has 3 rings (SSSR count). The zero-order valence-corrected chi connectivity index (χ0v) is 14.3. The summed E-state index contributed by atoms with van der Waals surface area (Å²) in [7, 11) is 0. The van der Waals surface area contributed by atoms with E-state index in [-0.39, 0.29) is 17.0 Å². The average Bonchev–Trinajstić information content (AvgIpc) is 3.13. The molecule has 1 aliphatic rings. The molecule has 0 aliphatic carbocycles. The highest BCUT2D eigenvalue weighted by atomic mass is 16.5. The average molecular weight is 318 g/mol. The molecule has 0 amide bonds. The molecule has 23 heavy (non-hydrogen) atoms. The van der Waals surface area contributed by atoms with Crippen molar-refractivity contribution >= 4 is 5.65 Å². The summed E-state index contributed by atoms with van der Waals surface area (Å²) in [4.78, 5) is 17.0. The molecule has 0 aromatic carbocycles. The fourth-order valence-electron chi connectivity index (χ4n) is 2.81. The van der Waals surface area contributed by atoms with E-state index in [0.717, 1.165) is 37.6 Å². The first-order valence-corrected chi connectivity index (χ1v) is 8.29. The summed E-state index contributed by atoms with van der Waals surface area (Å²) in [6.45, 7) is 10.9. The summed E-state index contributed by atoms with van der Waals surface area (Å²) in [5.41, 5.74) is 2.34. The normalized spacial score (nSPS) is 20.3. The van der Waals surface area contributed by atoms with E-state index >= 15 is 0 Å². The molecular weight excluding hydrogens is 292 g/mol. The van der Waals surface area contributed by atoms with Crippen LogP contribution in [0.15, 0.2) is 16.9 Å². The number of H-pyrrole nitrogens is 1. The number of nitrogens with zero attached hydrogens (tertiary/aromatic N) is 2. The van der Waals surface area contributed by atoms with Crippen LogP contribution < -0.4 is 10.9 Å². The van der Waals surface area contributed by atoms with Crippen LogP contribution in [0.4, 0.5) is 0 Å². The van der Waals surface area contributed by atoms with Gasteiger partial charge in [-0.3, -0.25) is 9.89 Å². The van der Waals surface area contributed by atoms with Gasteiger partial charge in [0.2, 0.25) is 0 Å². The molecule has 3 heterocycles. The maximum absolute atomic E-state index is 12.3. The Labute approximate surface area is 136 Å². The molecule has 1 saturated heterocycles. The molecule has 0 saturated carbocycles. The van der Waals surface area contributed by atoms with Gasteiger partial charge in [-0.25, -0.2) is 9.50 Å². The predicted octanol–water partition coefficient (Wildman–Crippen LogP) is 2.01. The van der Waals surface area contributed by atoms with Gasteiger partial charge in [0.1, 0.15) is 0 Å². The van der Waals surface area contributed by atoms with E-state index in [0.29, 0.717) is 11.6 Å². The van der Waals surface area contributed by atoms with Crippen LogP contribution in [0.2, 0.25) is 0 Å². The predicted molar refractivity (Wildman–Crippen MR) is 89.9 cm³/mol. The van der Waals surface area contributed by atoms with E-state index in [4.69, 9.17) is 4.74 Å². The van der Waals surface area contributed by atoms with E-state index in [1.165, 1.54) is 4.52 Å². The Bertz CT molecular complexity index is 735. The van der Waals surface area contributed by atoms with Gasteiger partial charge in [-0.1, -0.05) is 20.8 Å². The third-order valence-corrected chi connectivity index (χ3v) is 4.46. The van der Waals surface area contributed by atoms with Crippen molar-refractivity contribution in [2.24, 2.45) is 5.92 Å². The van der Waals surface area contributed by atoms with E-state index in [1.54, 1.807) is 6.07 Å². The summed E-state index contributed by atoms with van der Waals surface area (Å²) < 4.78 is 6.91. The van der Waals surface area contributed by atoms with E-state index < -0.39 is 0 Å². The molecule has 0 spiro atoms. The fraction of sp³-hybridized carbons (Fsp3) is 0.647. The molecule has 1 aliphatic heterocycles. The van der Waals surface area contributed by atoms with Crippen molar-refractivity contribution < 1.29 is 4.74 Å². The standard InChI is InChI=1S/C17H26N4O2/c1-11(18-9-12-5-6-23-10-12)13-7-16(22)21-15(19-13)8-14(20-21)17(2,3)4/h7-8,11-12,18,20H,5-6,9-10H2,1-4H3/t11-,12+/m0/s1. The SMILES string of the molecule is C[C@H](NC[C@H]1CCOC1)c1cc(=O)n2[nH]c(C(C)(C)C)cc2n1. The molecule has 2 aromatic heterocycles. The van der Waals surface area contributed by atoms with Crippen LogP contribution in [0.3, 0.4) is 0 Å². The second-order valence-electron chi connectivity index (χ2n) is 7.49. The molecule has 1 fully saturated rings. The number of aromatic amines is 1. The molecule has 2 aromatic rings. The van der Waals surface area contributed by atoms with Gasteiger partial charge in [-0.2, -0.15) is 0 Å². The van der Waals surface area contributed by atoms with E-state index in [9.17, 15) is 4.79 Å².